The van der Waals surface area contributed by atoms with Crippen molar-refractivity contribution < 1.29 is 36.2 Å². The molecule has 0 aliphatic heterocycles. The summed E-state index contributed by atoms with van der Waals surface area (Å²) >= 11 is 0. The third kappa shape index (κ3) is 5.90. The minimum absolute atomic E-state index is 0.00604. The highest BCUT2D eigenvalue weighted by Gasteiger charge is 2.41. The lowest BCUT2D eigenvalue weighted by Gasteiger charge is -2.13. The molecule has 1 aromatic heterocycles. The van der Waals surface area contributed by atoms with E-state index in [1.807, 2.05) is 0 Å². The van der Waals surface area contributed by atoms with Crippen LogP contribution >= 0.6 is 0 Å². The molecule has 0 saturated carbocycles. The first-order valence-electron chi connectivity index (χ1n) is 14.0. The first-order valence-corrected chi connectivity index (χ1v) is 17.0. The summed E-state index contributed by atoms with van der Waals surface area (Å²) in [6.45, 7) is 0. The summed E-state index contributed by atoms with van der Waals surface area (Å²) in [5.41, 5.74) is 7.42. The second-order valence-electron chi connectivity index (χ2n) is 10.5. The Hall–Kier alpha value is -6.80. The van der Waals surface area contributed by atoms with Crippen LogP contribution in [0.25, 0.3) is 11.0 Å². The van der Waals surface area contributed by atoms with Crippen molar-refractivity contribution in [3.8, 4) is 0 Å². The molecule has 6 aromatic rings. The monoisotopic (exact) mass is 718 g/mol. The molecule has 0 amide bonds. The van der Waals surface area contributed by atoms with E-state index in [-0.39, 0.29) is 35.9 Å². The van der Waals surface area contributed by atoms with Gasteiger partial charge in [-0.2, -0.15) is 0 Å². The molecule has 0 bridgehead atoms. The zero-order valence-electron chi connectivity index (χ0n) is 25.1. The molecule has 254 valence electrons. The predicted octanol–water partition coefficient (Wildman–Crippen LogP) is 4.59. The number of fused-ring (bicyclic) bond motifs is 1. The molecule has 50 heavy (non-hydrogen) atoms. The number of nitrogens with zero attached hydrogens (tertiary/aromatic N) is 4. The molecule has 0 atom stereocenters. The van der Waals surface area contributed by atoms with Gasteiger partial charge in [0.15, 0.2) is 5.69 Å². The van der Waals surface area contributed by atoms with E-state index in [1.54, 1.807) is 0 Å². The molecule has 1 heterocycles. The molecule has 6 rings (SSSR count). The molecule has 0 spiro atoms. The van der Waals surface area contributed by atoms with Crippen molar-refractivity contribution in [2.45, 2.75) is 19.6 Å². The molecule has 0 fully saturated rings. The van der Waals surface area contributed by atoms with Gasteiger partial charge >= 0.3 is 16.9 Å². The molecule has 0 aliphatic rings. The van der Waals surface area contributed by atoms with Crippen LogP contribution in [-0.4, -0.2) is 31.8 Å². The Morgan fingerprint density at radius 2 is 0.960 bits per heavy atom. The summed E-state index contributed by atoms with van der Waals surface area (Å²) in [7, 11) is -7.98. The van der Waals surface area contributed by atoms with Crippen LogP contribution in [0, 0.1) is 25.4 Å². The van der Waals surface area contributed by atoms with Gasteiger partial charge < -0.3 is 27.3 Å². The van der Waals surface area contributed by atoms with Crippen molar-refractivity contribution in [1.82, 2.24) is 5.16 Å². The Balaban J connectivity index is 1.42. The number of nitro benzene ring substituents is 2. The number of nitro groups is 2. The maximum Gasteiger partial charge on any atom is 0.357 e. The molecule has 20 heteroatoms. The lowest BCUT2D eigenvalue weighted by atomic mass is 10.1. The van der Waals surface area contributed by atoms with Gasteiger partial charge in [0, 0.05) is 22.7 Å². The predicted molar refractivity (Wildman–Crippen MR) is 178 cm³/mol. The van der Waals surface area contributed by atoms with E-state index in [4.69, 9.17) is 11.5 Å². The third-order valence-corrected chi connectivity index (χ3v) is 11.0. The number of nitrogens with two attached hydrogens (primary N) is 2. The summed E-state index contributed by atoms with van der Waals surface area (Å²) in [4.78, 5) is 22.3. The van der Waals surface area contributed by atoms with Crippen molar-refractivity contribution in [1.29, 1.82) is 0 Å². The molecule has 0 saturated heterocycles. The van der Waals surface area contributed by atoms with Gasteiger partial charge in [0.1, 0.15) is 0 Å². The van der Waals surface area contributed by atoms with Gasteiger partial charge in [0.2, 0.25) is 25.4 Å². The van der Waals surface area contributed by atoms with E-state index in [1.165, 1.54) is 97.1 Å². The lowest BCUT2D eigenvalue weighted by molar-refractivity contribution is -0.782. The molecule has 0 unspecified atom stereocenters. The van der Waals surface area contributed by atoms with Crippen LogP contribution in [0.4, 0.5) is 45.5 Å². The highest BCUT2D eigenvalue weighted by atomic mass is 32.2. The average molecular weight is 719 g/mol. The van der Waals surface area contributed by atoms with Gasteiger partial charge in [-0.05, 0) is 102 Å². The van der Waals surface area contributed by atoms with Crippen molar-refractivity contribution in [3.05, 3.63) is 122 Å². The quantitative estimate of drug-likeness (QED) is 0.0652. The second-order valence-corrected chi connectivity index (χ2v) is 14.4. The second kappa shape index (κ2) is 12.3. The Labute approximate surface area is 281 Å². The minimum atomic E-state index is -4.00. The van der Waals surface area contributed by atoms with Crippen molar-refractivity contribution >= 4 is 76.2 Å². The Kier molecular flexibility index (Phi) is 8.17. The van der Waals surface area contributed by atoms with Gasteiger partial charge in [-0.3, -0.25) is 24.9 Å². The van der Waals surface area contributed by atoms with Gasteiger partial charge in [0.25, 0.3) is 5.52 Å². The number of sulfone groups is 2. The Morgan fingerprint density at radius 3 is 1.34 bits per heavy atom. The van der Waals surface area contributed by atoms with E-state index in [9.17, 15) is 42.3 Å². The number of aromatic nitrogens is 2. The first-order chi connectivity index (χ1) is 23.7. The Morgan fingerprint density at radius 1 is 0.600 bits per heavy atom. The van der Waals surface area contributed by atoms with Crippen molar-refractivity contribution in [2.75, 3.05) is 22.1 Å². The zero-order valence-corrected chi connectivity index (χ0v) is 26.7. The van der Waals surface area contributed by atoms with Gasteiger partial charge in [-0.1, -0.05) is 0 Å². The third-order valence-electron chi connectivity index (χ3n) is 7.40. The van der Waals surface area contributed by atoms with Crippen LogP contribution in [0.2, 0.25) is 0 Å². The fraction of sp³-hybridized carbons (Fsp3) is 0. The topological polar surface area (TPSA) is 284 Å². The molecular weight excluding hydrogens is 697 g/mol. The lowest BCUT2D eigenvalue weighted by Crippen LogP contribution is -2.24. The number of anilines is 6. The maximum absolute atomic E-state index is 13.1. The largest absolute Gasteiger partial charge is 0.399 e. The number of rotatable bonds is 10. The Bertz CT molecular complexity index is 2520. The van der Waals surface area contributed by atoms with E-state index in [0.29, 0.717) is 11.4 Å². The fourth-order valence-corrected chi connectivity index (χ4v) is 7.49. The van der Waals surface area contributed by atoms with Gasteiger partial charge in [-0.25, -0.2) is 16.8 Å². The van der Waals surface area contributed by atoms with E-state index in [2.05, 4.69) is 20.4 Å². The minimum Gasteiger partial charge on any atom is -0.399 e. The van der Waals surface area contributed by atoms with E-state index >= 15 is 0 Å². The number of nitrogen functional groups attached to an aromatic ring is 2. The number of benzene rings is 5. The molecule has 18 nitrogen and oxygen atoms in total. The molecule has 0 aliphatic carbocycles. The number of nitrogens with one attached hydrogen (secondary N) is 2. The normalized spacial score (nSPS) is 11.7. The van der Waals surface area contributed by atoms with Crippen LogP contribution in [0.3, 0.4) is 0 Å². The van der Waals surface area contributed by atoms with Crippen LogP contribution in [0.5, 0.6) is 0 Å². The number of hydrogen-bond donors (Lipinski definition) is 4. The smallest absolute Gasteiger partial charge is 0.357 e. The fourth-order valence-electron chi connectivity index (χ4n) is 4.97. The van der Waals surface area contributed by atoms with Crippen LogP contribution in [0.15, 0.2) is 121 Å². The van der Waals surface area contributed by atoms with Crippen molar-refractivity contribution in [2.24, 2.45) is 0 Å². The van der Waals surface area contributed by atoms with Crippen LogP contribution in [-0.2, 0) is 19.7 Å². The standard InChI is InChI=1S/C30H22N8O10S2/c31-17-1-9-21(10-2-17)49(44,45)23-13-5-19(6-14-23)33-25-28(36(39)40)26(30-27(29(25)37(41)42)35-48-38(30)43)34-20-7-15-24(16-8-20)50(46,47)22-11-3-18(32)4-12-22/h1-16,33-34H,31-32H2. The summed E-state index contributed by atoms with van der Waals surface area (Å²) < 4.78 is 57.0. The summed E-state index contributed by atoms with van der Waals surface area (Å²) in [6.07, 6.45) is 0. The molecular formula is C30H22N8O10S2. The van der Waals surface area contributed by atoms with E-state index in [0.717, 1.165) is 0 Å². The highest BCUT2D eigenvalue weighted by Crippen LogP contribution is 2.48. The zero-order chi connectivity index (χ0) is 36.0. The van der Waals surface area contributed by atoms with Crippen LogP contribution < -0.4 is 27.0 Å². The summed E-state index contributed by atoms with van der Waals surface area (Å²) in [6, 6.07) is 20.7. The molecule has 6 N–H and O–H groups in total. The highest BCUT2D eigenvalue weighted by molar-refractivity contribution is 7.91. The molecule has 5 aromatic carbocycles. The summed E-state index contributed by atoms with van der Waals surface area (Å²) in [5.74, 6) is 0. The van der Waals surface area contributed by atoms with E-state index < -0.39 is 63.3 Å². The average Bonchev–Trinajstić information content (AvgIpc) is 3.46. The molecule has 0 radical (unpaired) electrons. The van der Waals surface area contributed by atoms with Gasteiger partial charge in [0.05, 0.1) is 34.6 Å². The maximum atomic E-state index is 13.1. The number of hydrogen-bond acceptors (Lipinski definition) is 15. The first kappa shape index (κ1) is 33.1. The van der Waals surface area contributed by atoms with Crippen molar-refractivity contribution in [3.63, 3.8) is 0 Å². The SMILES string of the molecule is Nc1ccc(S(=O)(=O)c2ccc(Nc3c([N+](=O)[O-])c(Nc4ccc(S(=O)(=O)c5ccc(N)cc5)cc4)c4c(no[n+]4[O-])c3[N+](=O)[O-])cc2)cc1. The van der Waals surface area contributed by atoms with Crippen LogP contribution in [0.1, 0.15) is 0 Å². The van der Waals surface area contributed by atoms with Gasteiger partial charge in [-0.15, -0.1) is 0 Å². The summed E-state index contributed by atoms with van der Waals surface area (Å²) in [5, 5.41) is 46.3.